The van der Waals surface area contributed by atoms with Crippen LogP contribution in [0.1, 0.15) is 5.56 Å². The van der Waals surface area contributed by atoms with E-state index < -0.39 is 0 Å². The topological polar surface area (TPSA) is 30.7 Å². The molecule has 0 unspecified atom stereocenters. The van der Waals surface area contributed by atoms with Gasteiger partial charge >= 0.3 is 0 Å². The summed E-state index contributed by atoms with van der Waals surface area (Å²) in [6.07, 6.45) is 2.02. The number of para-hydroxylation sites is 1. The summed E-state index contributed by atoms with van der Waals surface area (Å²) in [5, 5.41) is 9.59. The normalized spacial score (nSPS) is 10.7. The number of nitrogens with zero attached hydrogens (tertiary/aromatic N) is 3. The van der Waals surface area contributed by atoms with Gasteiger partial charge in [-0.15, -0.1) is 10.2 Å². The Hall–Kier alpha value is -2.07. The van der Waals surface area contributed by atoms with Crippen LogP contribution in [0.5, 0.6) is 0 Å². The minimum absolute atomic E-state index is 0.888. The van der Waals surface area contributed by atoms with E-state index in [2.05, 4.69) is 46.0 Å². The molecule has 0 spiro atoms. The van der Waals surface area contributed by atoms with Crippen LogP contribution in [0.25, 0.3) is 17.1 Å². The first-order chi connectivity index (χ1) is 9.81. The molecule has 100 valence electrons. The molecule has 0 saturated heterocycles. The smallest absolute Gasteiger partial charge is 0.195 e. The first kappa shape index (κ1) is 12.9. The summed E-state index contributed by atoms with van der Waals surface area (Å²) in [6, 6.07) is 18.5. The zero-order valence-electron chi connectivity index (χ0n) is 11.4. The molecule has 3 nitrogen and oxygen atoms in total. The molecule has 3 aromatic rings. The molecule has 4 heteroatoms. The Balaban J connectivity index is 2.24. The van der Waals surface area contributed by atoms with E-state index in [1.54, 1.807) is 11.8 Å². The Morgan fingerprint density at radius 2 is 1.60 bits per heavy atom. The molecule has 1 aromatic heterocycles. The number of aryl methyl sites for hydroxylation is 1. The van der Waals surface area contributed by atoms with Gasteiger partial charge in [-0.05, 0) is 30.9 Å². The van der Waals surface area contributed by atoms with Crippen molar-refractivity contribution in [2.75, 3.05) is 6.26 Å². The fourth-order valence-corrected chi connectivity index (χ4v) is 2.71. The highest BCUT2D eigenvalue weighted by molar-refractivity contribution is 7.98. The van der Waals surface area contributed by atoms with Gasteiger partial charge in [0.05, 0.1) is 0 Å². The molecule has 3 rings (SSSR count). The third-order valence-corrected chi connectivity index (χ3v) is 3.85. The Labute approximate surface area is 122 Å². The summed E-state index contributed by atoms with van der Waals surface area (Å²) in [4.78, 5) is 0. The molecule has 0 amide bonds. The lowest BCUT2D eigenvalue weighted by molar-refractivity contribution is 0.888. The van der Waals surface area contributed by atoms with E-state index in [0.717, 1.165) is 22.2 Å². The van der Waals surface area contributed by atoms with E-state index in [-0.39, 0.29) is 0 Å². The standard InChI is InChI=1S/C16H15N3S/c1-12-8-6-7-11-14(12)15-17-18-16(20-2)19(15)13-9-4-3-5-10-13/h3-11H,1-2H3. The van der Waals surface area contributed by atoms with E-state index in [9.17, 15) is 0 Å². The number of thioether (sulfide) groups is 1. The van der Waals surface area contributed by atoms with Gasteiger partial charge in [0.1, 0.15) is 0 Å². The lowest BCUT2D eigenvalue weighted by Gasteiger charge is -2.10. The van der Waals surface area contributed by atoms with Gasteiger partial charge < -0.3 is 0 Å². The summed E-state index contributed by atoms with van der Waals surface area (Å²) in [7, 11) is 0. The van der Waals surface area contributed by atoms with E-state index >= 15 is 0 Å². The Morgan fingerprint density at radius 3 is 2.30 bits per heavy atom. The molecule has 0 N–H and O–H groups in total. The fourth-order valence-electron chi connectivity index (χ4n) is 2.21. The predicted molar refractivity (Wildman–Crippen MR) is 83.3 cm³/mol. The SMILES string of the molecule is CSc1nnc(-c2ccccc2C)n1-c1ccccc1. The summed E-state index contributed by atoms with van der Waals surface area (Å²) in [5.74, 6) is 0.888. The highest BCUT2D eigenvalue weighted by Gasteiger charge is 2.15. The average Bonchev–Trinajstić information content (AvgIpc) is 2.92. The van der Waals surface area contributed by atoms with Gasteiger partial charge in [0.25, 0.3) is 0 Å². The molecule has 0 atom stereocenters. The van der Waals surface area contributed by atoms with Crippen LogP contribution in [0.2, 0.25) is 0 Å². The number of rotatable bonds is 3. The van der Waals surface area contributed by atoms with E-state index in [4.69, 9.17) is 0 Å². The number of hydrogen-bond acceptors (Lipinski definition) is 3. The van der Waals surface area contributed by atoms with Gasteiger partial charge in [0.15, 0.2) is 11.0 Å². The second-order valence-electron chi connectivity index (χ2n) is 4.50. The molecule has 1 heterocycles. The van der Waals surface area contributed by atoms with Gasteiger partial charge in [0, 0.05) is 11.3 Å². The summed E-state index contributed by atoms with van der Waals surface area (Å²) in [6.45, 7) is 2.10. The van der Waals surface area contributed by atoms with Crippen LogP contribution in [-0.4, -0.2) is 21.0 Å². The Bertz CT molecular complexity index is 720. The van der Waals surface area contributed by atoms with E-state index in [1.165, 1.54) is 5.56 Å². The van der Waals surface area contributed by atoms with Gasteiger partial charge in [-0.3, -0.25) is 4.57 Å². The Kier molecular flexibility index (Phi) is 3.56. The second kappa shape index (κ2) is 5.51. The van der Waals surface area contributed by atoms with Gasteiger partial charge in [-0.1, -0.05) is 54.2 Å². The van der Waals surface area contributed by atoms with E-state index in [0.29, 0.717) is 0 Å². The fraction of sp³-hybridized carbons (Fsp3) is 0.125. The van der Waals surface area contributed by atoms with Crippen molar-refractivity contribution < 1.29 is 0 Å². The van der Waals surface area contributed by atoms with Crippen LogP contribution in [-0.2, 0) is 0 Å². The maximum atomic E-state index is 4.39. The Morgan fingerprint density at radius 1 is 0.900 bits per heavy atom. The van der Waals surface area contributed by atoms with Crippen molar-refractivity contribution in [3.8, 4) is 17.1 Å². The van der Waals surface area contributed by atoms with E-state index in [1.807, 2.05) is 36.6 Å². The summed E-state index contributed by atoms with van der Waals surface area (Å²) >= 11 is 1.60. The third-order valence-electron chi connectivity index (χ3n) is 3.22. The van der Waals surface area contributed by atoms with Gasteiger partial charge in [-0.25, -0.2) is 0 Å². The zero-order chi connectivity index (χ0) is 13.9. The van der Waals surface area contributed by atoms with Crippen molar-refractivity contribution in [3.63, 3.8) is 0 Å². The third kappa shape index (κ3) is 2.23. The molecule has 0 aliphatic rings. The van der Waals surface area contributed by atoms with Crippen molar-refractivity contribution >= 4 is 11.8 Å². The molecular weight excluding hydrogens is 266 g/mol. The summed E-state index contributed by atoms with van der Waals surface area (Å²) in [5.41, 5.74) is 3.40. The minimum Gasteiger partial charge on any atom is -0.270 e. The van der Waals surface area contributed by atoms with Crippen LogP contribution >= 0.6 is 11.8 Å². The molecule has 20 heavy (non-hydrogen) atoms. The van der Waals surface area contributed by atoms with Crippen LogP contribution in [0.3, 0.4) is 0 Å². The number of aromatic nitrogens is 3. The van der Waals surface area contributed by atoms with Crippen LogP contribution in [0.4, 0.5) is 0 Å². The van der Waals surface area contributed by atoms with Crippen LogP contribution < -0.4 is 0 Å². The van der Waals surface area contributed by atoms with Crippen molar-refractivity contribution in [2.45, 2.75) is 12.1 Å². The monoisotopic (exact) mass is 281 g/mol. The first-order valence-corrected chi connectivity index (χ1v) is 7.64. The molecule has 0 bridgehead atoms. The van der Waals surface area contributed by atoms with Crippen LogP contribution in [0, 0.1) is 6.92 Å². The number of benzene rings is 2. The lowest BCUT2D eigenvalue weighted by atomic mass is 10.1. The highest BCUT2D eigenvalue weighted by atomic mass is 32.2. The van der Waals surface area contributed by atoms with Crippen LogP contribution in [0.15, 0.2) is 59.8 Å². The minimum atomic E-state index is 0.888. The van der Waals surface area contributed by atoms with Gasteiger partial charge in [0.2, 0.25) is 0 Å². The second-order valence-corrected chi connectivity index (χ2v) is 5.27. The molecular formula is C16H15N3S. The molecule has 0 fully saturated rings. The van der Waals surface area contributed by atoms with Crippen molar-refractivity contribution in [1.29, 1.82) is 0 Å². The quantitative estimate of drug-likeness (QED) is 0.681. The van der Waals surface area contributed by atoms with Crippen molar-refractivity contribution in [2.24, 2.45) is 0 Å². The molecule has 0 saturated carbocycles. The first-order valence-electron chi connectivity index (χ1n) is 6.42. The molecule has 0 aliphatic heterocycles. The zero-order valence-corrected chi connectivity index (χ0v) is 12.3. The lowest BCUT2D eigenvalue weighted by Crippen LogP contribution is -1.99. The molecule has 0 aliphatic carbocycles. The van der Waals surface area contributed by atoms with Gasteiger partial charge in [-0.2, -0.15) is 0 Å². The molecule has 0 radical (unpaired) electrons. The van der Waals surface area contributed by atoms with Crippen molar-refractivity contribution in [3.05, 3.63) is 60.2 Å². The largest absolute Gasteiger partial charge is 0.270 e. The highest BCUT2D eigenvalue weighted by Crippen LogP contribution is 2.28. The van der Waals surface area contributed by atoms with Crippen molar-refractivity contribution in [1.82, 2.24) is 14.8 Å². The maximum absolute atomic E-state index is 4.39. The average molecular weight is 281 g/mol. The number of hydrogen-bond donors (Lipinski definition) is 0. The molecule has 2 aromatic carbocycles. The maximum Gasteiger partial charge on any atom is 0.195 e. The summed E-state index contributed by atoms with van der Waals surface area (Å²) < 4.78 is 2.10. The predicted octanol–water partition coefficient (Wildman–Crippen LogP) is 3.96.